The van der Waals surface area contributed by atoms with Crippen LogP contribution in [0.25, 0.3) is 0 Å². The Hall–Kier alpha value is -1.82. The molecule has 1 fully saturated rings. The lowest BCUT2D eigenvalue weighted by atomic mass is 9.63. The molecule has 0 heteroatoms. The van der Waals surface area contributed by atoms with Gasteiger partial charge in [-0.25, -0.2) is 0 Å². The van der Waals surface area contributed by atoms with E-state index in [4.69, 9.17) is 0 Å². The van der Waals surface area contributed by atoms with Crippen molar-refractivity contribution >= 4 is 0 Å². The fourth-order valence-electron chi connectivity index (χ4n) is 8.14. The van der Waals surface area contributed by atoms with Crippen molar-refractivity contribution in [1.29, 1.82) is 0 Å². The van der Waals surface area contributed by atoms with E-state index in [9.17, 15) is 0 Å². The molecule has 5 atom stereocenters. The Labute approximate surface area is 249 Å². The summed E-state index contributed by atoms with van der Waals surface area (Å²) in [5, 5.41) is 0. The third-order valence-corrected chi connectivity index (χ3v) is 11.1. The van der Waals surface area contributed by atoms with Crippen LogP contribution >= 0.6 is 0 Å². The average Bonchev–Trinajstić information content (AvgIpc) is 3.00. The number of rotatable bonds is 9. The van der Waals surface area contributed by atoms with Crippen LogP contribution in [0.1, 0.15) is 127 Å². The first-order valence-corrected chi connectivity index (χ1v) is 16.5. The van der Waals surface area contributed by atoms with Crippen molar-refractivity contribution in [2.24, 2.45) is 40.9 Å². The fraction of sp³-hybridized carbons (Fsp3) is 0.650. The molecule has 222 valence electrons. The predicted octanol–water partition coefficient (Wildman–Crippen LogP) is 12.5. The molecular formula is C40H62. The summed E-state index contributed by atoms with van der Waals surface area (Å²) in [5.74, 6) is 3.53. The number of hydrogen-bond donors (Lipinski definition) is 0. The minimum absolute atomic E-state index is 0.331. The quantitative estimate of drug-likeness (QED) is 0.154. The van der Waals surface area contributed by atoms with Crippen LogP contribution in [0.3, 0.4) is 0 Å². The maximum atomic E-state index is 4.61. The summed E-state index contributed by atoms with van der Waals surface area (Å²) in [6.07, 6.45) is 21.0. The molecule has 3 aliphatic carbocycles. The highest BCUT2D eigenvalue weighted by atomic mass is 14.5. The van der Waals surface area contributed by atoms with Gasteiger partial charge in [-0.3, -0.25) is 0 Å². The molecule has 1 saturated carbocycles. The van der Waals surface area contributed by atoms with Gasteiger partial charge in [0.2, 0.25) is 0 Å². The second-order valence-electron chi connectivity index (χ2n) is 14.8. The minimum Gasteiger partial charge on any atom is -0.0998 e. The van der Waals surface area contributed by atoms with Crippen LogP contribution in [0.2, 0.25) is 0 Å². The molecule has 0 amide bonds. The fourth-order valence-corrected chi connectivity index (χ4v) is 8.14. The molecule has 0 spiro atoms. The van der Waals surface area contributed by atoms with Gasteiger partial charge in [0.1, 0.15) is 0 Å². The van der Waals surface area contributed by atoms with E-state index in [-0.39, 0.29) is 0 Å². The van der Waals surface area contributed by atoms with E-state index in [1.54, 1.807) is 16.7 Å². The first kappa shape index (κ1) is 32.7. The summed E-state index contributed by atoms with van der Waals surface area (Å²) in [6.45, 7) is 33.1. The number of hydrogen-bond acceptors (Lipinski definition) is 0. The Morgan fingerprint density at radius 1 is 1.02 bits per heavy atom. The summed E-state index contributed by atoms with van der Waals surface area (Å²) >= 11 is 0. The zero-order valence-corrected chi connectivity index (χ0v) is 28.1. The molecule has 0 aromatic rings. The molecule has 3 rings (SSSR count). The average molecular weight is 543 g/mol. The van der Waals surface area contributed by atoms with Gasteiger partial charge in [-0.15, -0.1) is 0 Å². The second-order valence-corrected chi connectivity index (χ2v) is 14.8. The summed E-state index contributed by atoms with van der Waals surface area (Å²) in [6, 6.07) is 0. The highest BCUT2D eigenvalue weighted by molar-refractivity contribution is 5.46. The summed E-state index contributed by atoms with van der Waals surface area (Å²) in [4.78, 5) is 0. The van der Waals surface area contributed by atoms with E-state index >= 15 is 0 Å². The summed E-state index contributed by atoms with van der Waals surface area (Å²) in [7, 11) is 0. The smallest absolute Gasteiger partial charge is 0.0100 e. The number of allylic oxidation sites excluding steroid dienone is 12. The predicted molar refractivity (Wildman–Crippen MR) is 179 cm³/mol. The van der Waals surface area contributed by atoms with Crippen molar-refractivity contribution in [3.63, 3.8) is 0 Å². The van der Waals surface area contributed by atoms with Crippen LogP contribution in [0.5, 0.6) is 0 Å². The van der Waals surface area contributed by atoms with Crippen molar-refractivity contribution in [3.8, 4) is 0 Å². The highest BCUT2D eigenvalue weighted by Gasteiger charge is 2.44. The standard InChI is InChI=1S/C40H62/c1-13-30(8)36(26(2)3)38(33-19-14-28(6)15-20-33)31(9)18-23-35-24-25-40(11,12)32(10)37(27(4)5)39(35)34-21-16-29(7)17-22-34/h14,16,18,21,26,32-33,35,37,39H,4,8,13,15,17,19-20,22-25H2,1-3,5-7,9-12H3. The van der Waals surface area contributed by atoms with Gasteiger partial charge in [0.05, 0.1) is 0 Å². The highest BCUT2D eigenvalue weighted by Crippen LogP contribution is 2.53. The molecule has 0 aromatic carbocycles. The largest absolute Gasteiger partial charge is 0.0998 e. The molecule has 0 N–H and O–H groups in total. The molecule has 40 heavy (non-hydrogen) atoms. The first-order valence-electron chi connectivity index (χ1n) is 16.5. The Bertz CT molecular complexity index is 1090. The maximum Gasteiger partial charge on any atom is -0.0100 e. The third-order valence-electron chi connectivity index (χ3n) is 11.1. The van der Waals surface area contributed by atoms with Crippen molar-refractivity contribution in [1.82, 2.24) is 0 Å². The molecule has 0 nitrogen and oxygen atoms in total. The Kier molecular flexibility index (Phi) is 11.4. The molecule has 3 aliphatic rings. The summed E-state index contributed by atoms with van der Waals surface area (Å²) in [5.41, 5.74) is 12.5. The lowest BCUT2D eigenvalue weighted by Crippen LogP contribution is -2.33. The first-order chi connectivity index (χ1) is 18.8. The monoisotopic (exact) mass is 542 g/mol. The van der Waals surface area contributed by atoms with Gasteiger partial charge in [-0.05, 0) is 138 Å². The Morgan fingerprint density at radius 2 is 1.73 bits per heavy atom. The van der Waals surface area contributed by atoms with Crippen molar-refractivity contribution in [2.75, 3.05) is 0 Å². The van der Waals surface area contributed by atoms with Gasteiger partial charge in [0, 0.05) is 0 Å². The van der Waals surface area contributed by atoms with E-state index in [1.807, 2.05) is 0 Å². The normalized spacial score (nSPS) is 30.1. The van der Waals surface area contributed by atoms with Gasteiger partial charge < -0.3 is 0 Å². The third kappa shape index (κ3) is 7.52. The topological polar surface area (TPSA) is 0 Å². The van der Waals surface area contributed by atoms with Crippen LogP contribution < -0.4 is 0 Å². The van der Waals surface area contributed by atoms with Crippen molar-refractivity contribution in [3.05, 3.63) is 82.0 Å². The Balaban J connectivity index is 2.08. The maximum absolute atomic E-state index is 4.61. The molecule has 0 bridgehead atoms. The SMILES string of the molecule is C=C(CC)C(=C(C(C)=CCC1CCC(C)(C)C(C)C(C(=C)C)C1C1=CC=C(C)CC1)C1CC=C(C)CC1)C(C)C. The van der Waals surface area contributed by atoms with E-state index in [2.05, 4.69) is 107 Å². The van der Waals surface area contributed by atoms with Gasteiger partial charge in [0.25, 0.3) is 0 Å². The van der Waals surface area contributed by atoms with Gasteiger partial charge in [-0.2, -0.15) is 0 Å². The van der Waals surface area contributed by atoms with Gasteiger partial charge in [0.15, 0.2) is 0 Å². The Morgan fingerprint density at radius 3 is 2.25 bits per heavy atom. The van der Waals surface area contributed by atoms with E-state index < -0.39 is 0 Å². The van der Waals surface area contributed by atoms with Crippen LogP contribution in [0.4, 0.5) is 0 Å². The second kappa shape index (κ2) is 13.9. The molecule has 0 aromatic heterocycles. The molecular weight excluding hydrogens is 480 g/mol. The van der Waals surface area contributed by atoms with E-state index in [1.165, 1.54) is 72.8 Å². The molecule has 0 heterocycles. The van der Waals surface area contributed by atoms with E-state index in [0.717, 1.165) is 12.8 Å². The van der Waals surface area contributed by atoms with Crippen molar-refractivity contribution < 1.29 is 0 Å². The minimum atomic E-state index is 0.331. The van der Waals surface area contributed by atoms with Gasteiger partial charge >= 0.3 is 0 Å². The van der Waals surface area contributed by atoms with Crippen LogP contribution in [0, 0.1) is 40.9 Å². The summed E-state index contributed by atoms with van der Waals surface area (Å²) < 4.78 is 0. The van der Waals surface area contributed by atoms with Crippen molar-refractivity contribution in [2.45, 2.75) is 127 Å². The van der Waals surface area contributed by atoms with E-state index in [0.29, 0.717) is 40.9 Å². The molecule has 0 saturated heterocycles. The molecule has 0 radical (unpaired) electrons. The van der Waals surface area contributed by atoms with Crippen LogP contribution in [-0.4, -0.2) is 0 Å². The van der Waals surface area contributed by atoms with Crippen LogP contribution in [0.15, 0.2) is 82.0 Å². The van der Waals surface area contributed by atoms with Crippen LogP contribution in [-0.2, 0) is 0 Å². The zero-order chi connectivity index (χ0) is 29.8. The lowest BCUT2D eigenvalue weighted by Gasteiger charge is -2.41. The lowest BCUT2D eigenvalue weighted by molar-refractivity contribution is 0.155. The van der Waals surface area contributed by atoms with Gasteiger partial charge in [-0.1, -0.05) is 112 Å². The zero-order valence-electron chi connectivity index (χ0n) is 28.1. The molecule has 0 aliphatic heterocycles. The molecule has 5 unspecified atom stereocenters.